The molecule has 0 unspecified atom stereocenters. The Kier molecular flexibility index (Phi) is 9.22. The molecule has 0 bridgehead atoms. The molecule has 0 aliphatic carbocycles. The van der Waals surface area contributed by atoms with Crippen LogP contribution in [-0.4, -0.2) is 38.1 Å². The van der Waals surface area contributed by atoms with E-state index >= 15 is 0 Å². The summed E-state index contributed by atoms with van der Waals surface area (Å²) in [6.45, 7) is 4.66. The predicted octanol–water partition coefficient (Wildman–Crippen LogP) is 4.68. The summed E-state index contributed by atoms with van der Waals surface area (Å²) in [5.74, 6) is -0.350. The molecule has 2 amide bonds. The highest BCUT2D eigenvalue weighted by Crippen LogP contribution is 2.29. The second kappa shape index (κ2) is 12.8. The molecule has 0 spiro atoms. The Bertz CT molecular complexity index is 1240. The Morgan fingerprint density at radius 3 is 2.11 bits per heavy atom. The van der Waals surface area contributed by atoms with Gasteiger partial charge in [-0.15, -0.1) is 0 Å². The highest BCUT2D eigenvalue weighted by molar-refractivity contribution is 6.10. The van der Waals surface area contributed by atoms with Gasteiger partial charge in [0.05, 0.1) is 25.9 Å². The Balaban J connectivity index is 1.92. The molecule has 0 aromatic heterocycles. The van der Waals surface area contributed by atoms with E-state index in [1.165, 1.54) is 19.2 Å². The van der Waals surface area contributed by atoms with Gasteiger partial charge in [0.2, 0.25) is 0 Å². The van der Waals surface area contributed by atoms with Gasteiger partial charge >= 0.3 is 5.97 Å². The zero-order chi connectivity index (χ0) is 25.9. The molecule has 0 fully saturated rings. The maximum atomic E-state index is 13.2. The minimum atomic E-state index is -0.544. The second-order valence-corrected chi connectivity index (χ2v) is 7.47. The van der Waals surface area contributed by atoms with E-state index in [2.05, 4.69) is 10.6 Å². The summed E-state index contributed by atoms with van der Waals surface area (Å²) in [6.07, 6.45) is 1.55. The Morgan fingerprint density at radius 2 is 1.47 bits per heavy atom. The predicted molar refractivity (Wildman–Crippen MR) is 137 cm³/mol. The Morgan fingerprint density at radius 1 is 0.806 bits per heavy atom. The summed E-state index contributed by atoms with van der Waals surface area (Å²) in [5, 5.41) is 5.44. The van der Waals surface area contributed by atoms with Gasteiger partial charge in [-0.05, 0) is 74.0 Å². The summed E-state index contributed by atoms with van der Waals surface area (Å²) < 4.78 is 16.0. The lowest BCUT2D eigenvalue weighted by atomic mass is 10.1. The zero-order valence-corrected chi connectivity index (χ0v) is 20.4. The SMILES string of the molecule is CCOc1ccc(C=C(NC(=O)c2ccccc2)C(=O)Nc2ccc(C(=O)OC)cc2)cc1OCC. The van der Waals surface area contributed by atoms with Gasteiger partial charge in [-0.3, -0.25) is 9.59 Å². The van der Waals surface area contributed by atoms with Gasteiger partial charge in [-0.25, -0.2) is 4.79 Å². The van der Waals surface area contributed by atoms with Gasteiger partial charge in [0.25, 0.3) is 11.8 Å². The highest BCUT2D eigenvalue weighted by atomic mass is 16.5. The zero-order valence-electron chi connectivity index (χ0n) is 20.4. The van der Waals surface area contributed by atoms with Crippen LogP contribution in [0.4, 0.5) is 5.69 Å². The minimum Gasteiger partial charge on any atom is -0.490 e. The average molecular weight is 489 g/mol. The maximum Gasteiger partial charge on any atom is 0.337 e. The van der Waals surface area contributed by atoms with Gasteiger partial charge in [-0.1, -0.05) is 24.3 Å². The largest absolute Gasteiger partial charge is 0.490 e. The number of anilines is 1. The third kappa shape index (κ3) is 6.96. The fraction of sp³-hybridized carbons (Fsp3) is 0.179. The number of hydrogen-bond acceptors (Lipinski definition) is 6. The standard InChI is InChI=1S/C28H28N2O6/c1-4-35-24-16-11-19(18-25(24)36-5-2)17-23(30-26(31)20-9-7-6-8-10-20)27(32)29-22-14-12-21(13-15-22)28(33)34-3/h6-18H,4-5H2,1-3H3,(H,29,32)(H,30,31). The van der Waals surface area contributed by atoms with Crippen LogP contribution in [0, 0.1) is 0 Å². The van der Waals surface area contributed by atoms with E-state index in [9.17, 15) is 14.4 Å². The quantitative estimate of drug-likeness (QED) is 0.317. The van der Waals surface area contributed by atoms with Crippen LogP contribution in [0.25, 0.3) is 6.08 Å². The molecule has 36 heavy (non-hydrogen) atoms. The van der Waals surface area contributed by atoms with Gasteiger partial charge in [-0.2, -0.15) is 0 Å². The van der Waals surface area contributed by atoms with Gasteiger partial charge in [0, 0.05) is 11.3 Å². The fourth-order valence-electron chi connectivity index (χ4n) is 3.27. The molecule has 0 saturated carbocycles. The number of rotatable bonds is 10. The average Bonchev–Trinajstić information content (AvgIpc) is 2.90. The van der Waals surface area contributed by atoms with Crippen molar-refractivity contribution < 1.29 is 28.6 Å². The van der Waals surface area contributed by atoms with Crippen molar-refractivity contribution in [3.63, 3.8) is 0 Å². The van der Waals surface area contributed by atoms with E-state index < -0.39 is 17.8 Å². The van der Waals surface area contributed by atoms with Gasteiger partial charge < -0.3 is 24.8 Å². The number of carbonyl (C=O) groups excluding carboxylic acids is 3. The molecule has 186 valence electrons. The van der Waals surface area contributed by atoms with Crippen LogP contribution in [0.3, 0.4) is 0 Å². The number of esters is 1. The van der Waals surface area contributed by atoms with Crippen molar-refractivity contribution in [3.05, 3.63) is 95.2 Å². The number of ether oxygens (including phenoxy) is 3. The molecule has 3 rings (SSSR count). The van der Waals surface area contributed by atoms with E-state index in [-0.39, 0.29) is 5.70 Å². The van der Waals surface area contributed by atoms with Crippen LogP contribution in [0.1, 0.15) is 40.1 Å². The fourth-order valence-corrected chi connectivity index (χ4v) is 3.27. The topological polar surface area (TPSA) is 103 Å². The van der Waals surface area contributed by atoms with Gasteiger partial charge in [0.1, 0.15) is 5.70 Å². The summed E-state index contributed by atoms with van der Waals surface area (Å²) in [4.78, 5) is 37.7. The first kappa shape index (κ1) is 26.0. The summed E-state index contributed by atoms with van der Waals surface area (Å²) in [6, 6.07) is 20.1. The van der Waals surface area contributed by atoms with Crippen molar-refractivity contribution in [2.75, 3.05) is 25.6 Å². The van der Waals surface area contributed by atoms with E-state index in [0.717, 1.165) is 0 Å². The molecule has 0 aliphatic rings. The van der Waals surface area contributed by atoms with E-state index in [4.69, 9.17) is 14.2 Å². The molecule has 8 nitrogen and oxygen atoms in total. The molecule has 2 N–H and O–H groups in total. The smallest absolute Gasteiger partial charge is 0.337 e. The monoisotopic (exact) mass is 488 g/mol. The number of hydrogen-bond donors (Lipinski definition) is 2. The first-order valence-electron chi connectivity index (χ1n) is 11.4. The summed E-state index contributed by atoms with van der Waals surface area (Å²) in [7, 11) is 1.29. The molecule has 0 aliphatic heterocycles. The normalized spacial score (nSPS) is 10.8. The number of amides is 2. The number of nitrogens with one attached hydrogen (secondary N) is 2. The minimum absolute atomic E-state index is 0.0208. The molecule has 0 atom stereocenters. The third-order valence-electron chi connectivity index (χ3n) is 4.97. The highest BCUT2D eigenvalue weighted by Gasteiger charge is 2.16. The first-order valence-corrected chi connectivity index (χ1v) is 11.4. The number of benzene rings is 3. The van der Waals surface area contributed by atoms with Crippen molar-refractivity contribution in [3.8, 4) is 11.5 Å². The van der Waals surface area contributed by atoms with Crippen LogP contribution in [-0.2, 0) is 9.53 Å². The van der Waals surface area contributed by atoms with E-state index in [0.29, 0.717) is 47.1 Å². The maximum absolute atomic E-state index is 13.2. The van der Waals surface area contributed by atoms with E-state index in [1.807, 2.05) is 13.8 Å². The molecular weight excluding hydrogens is 460 g/mol. The van der Waals surface area contributed by atoms with Gasteiger partial charge in [0.15, 0.2) is 11.5 Å². The van der Waals surface area contributed by atoms with Crippen molar-refractivity contribution in [1.29, 1.82) is 0 Å². The molecule has 0 saturated heterocycles. The first-order chi connectivity index (χ1) is 17.4. The third-order valence-corrected chi connectivity index (χ3v) is 4.97. The Labute approximate surface area is 209 Å². The molecule has 8 heteroatoms. The van der Waals surface area contributed by atoms with E-state index in [1.54, 1.807) is 66.7 Å². The van der Waals surface area contributed by atoms with Crippen LogP contribution in [0.15, 0.2) is 78.5 Å². The second-order valence-electron chi connectivity index (χ2n) is 7.47. The van der Waals surface area contributed by atoms with Crippen LogP contribution >= 0.6 is 0 Å². The summed E-state index contributed by atoms with van der Waals surface area (Å²) >= 11 is 0. The molecule has 3 aromatic rings. The number of carbonyl (C=O) groups is 3. The number of methoxy groups -OCH3 is 1. The molecule has 0 heterocycles. The van der Waals surface area contributed by atoms with Crippen molar-refractivity contribution in [1.82, 2.24) is 5.32 Å². The Hall–Kier alpha value is -4.59. The molecule has 0 radical (unpaired) electrons. The van der Waals surface area contributed by atoms with Crippen molar-refractivity contribution >= 4 is 29.5 Å². The van der Waals surface area contributed by atoms with Crippen LogP contribution in [0.2, 0.25) is 0 Å². The van der Waals surface area contributed by atoms with Crippen molar-refractivity contribution in [2.24, 2.45) is 0 Å². The lowest BCUT2D eigenvalue weighted by Gasteiger charge is -2.13. The van der Waals surface area contributed by atoms with Crippen LogP contribution in [0.5, 0.6) is 11.5 Å². The van der Waals surface area contributed by atoms with Crippen molar-refractivity contribution in [2.45, 2.75) is 13.8 Å². The lowest BCUT2D eigenvalue weighted by molar-refractivity contribution is -0.113. The lowest BCUT2D eigenvalue weighted by Crippen LogP contribution is -2.30. The molecular formula is C28H28N2O6. The summed E-state index contributed by atoms with van der Waals surface area (Å²) in [5.41, 5.74) is 1.84. The molecule has 3 aromatic carbocycles. The van der Waals surface area contributed by atoms with Crippen LogP contribution < -0.4 is 20.1 Å².